The Bertz CT molecular complexity index is 1010. The summed E-state index contributed by atoms with van der Waals surface area (Å²) < 4.78 is 42.0. The fourth-order valence-electron chi connectivity index (χ4n) is 3.20. The Morgan fingerprint density at radius 1 is 1.29 bits per heavy atom. The fraction of sp³-hybridized carbons (Fsp3) is 0.429. The number of nitrogens with zero attached hydrogens (tertiary/aromatic N) is 3. The molecule has 31 heavy (non-hydrogen) atoms. The van der Waals surface area contributed by atoms with E-state index >= 15 is 0 Å². The summed E-state index contributed by atoms with van der Waals surface area (Å²) in [5.41, 5.74) is 2.06. The van der Waals surface area contributed by atoms with Crippen LogP contribution in [0.3, 0.4) is 0 Å². The topological polar surface area (TPSA) is 84.4 Å². The standard InChI is InChI=1S/C21H23F3N4O3/c1-11(2)19(29)27-18-15-9-28(20(30)14(15)5-6-25-18)13(4)16-7-12(3)17(8-26-16)31-10-21(22,23)24/h5-8,11,13H,9-10H2,1-4H3,(H,25,27,29). The van der Waals surface area contributed by atoms with Crippen molar-refractivity contribution in [3.05, 3.63) is 46.9 Å². The molecule has 3 heterocycles. The number of rotatable bonds is 6. The lowest BCUT2D eigenvalue weighted by molar-refractivity contribution is -0.153. The van der Waals surface area contributed by atoms with Crippen molar-refractivity contribution in [2.24, 2.45) is 5.92 Å². The van der Waals surface area contributed by atoms with Crippen LogP contribution in [0.4, 0.5) is 19.0 Å². The number of aryl methyl sites for hydroxylation is 1. The van der Waals surface area contributed by atoms with Crippen LogP contribution in [0.15, 0.2) is 24.5 Å². The number of nitrogens with one attached hydrogen (secondary N) is 1. The molecule has 2 amide bonds. The number of aromatic nitrogens is 2. The van der Waals surface area contributed by atoms with E-state index in [1.807, 2.05) is 0 Å². The summed E-state index contributed by atoms with van der Waals surface area (Å²) in [6.45, 7) is 5.74. The minimum atomic E-state index is -4.44. The summed E-state index contributed by atoms with van der Waals surface area (Å²) in [5, 5.41) is 2.75. The fourth-order valence-corrected chi connectivity index (χ4v) is 3.20. The molecule has 0 saturated heterocycles. The summed E-state index contributed by atoms with van der Waals surface area (Å²) >= 11 is 0. The van der Waals surface area contributed by atoms with Crippen LogP contribution in [0, 0.1) is 12.8 Å². The Morgan fingerprint density at radius 2 is 2.00 bits per heavy atom. The highest BCUT2D eigenvalue weighted by Gasteiger charge is 2.35. The first-order valence-corrected chi connectivity index (χ1v) is 9.73. The quantitative estimate of drug-likeness (QED) is 0.739. The predicted octanol–water partition coefficient (Wildman–Crippen LogP) is 4.04. The van der Waals surface area contributed by atoms with E-state index in [1.54, 1.807) is 44.7 Å². The minimum absolute atomic E-state index is 0.0344. The van der Waals surface area contributed by atoms with E-state index in [4.69, 9.17) is 4.74 Å². The zero-order valence-electron chi connectivity index (χ0n) is 17.6. The van der Waals surface area contributed by atoms with E-state index in [9.17, 15) is 22.8 Å². The molecule has 1 aliphatic rings. The number of hydrogen-bond acceptors (Lipinski definition) is 5. The number of anilines is 1. The average molecular weight is 436 g/mol. The molecular formula is C21H23F3N4O3. The average Bonchev–Trinajstić information content (AvgIpc) is 3.03. The van der Waals surface area contributed by atoms with Gasteiger partial charge in [0.2, 0.25) is 5.91 Å². The molecule has 2 aromatic heterocycles. The predicted molar refractivity (Wildman–Crippen MR) is 107 cm³/mol. The second kappa shape index (κ2) is 8.52. The molecule has 0 bridgehead atoms. The van der Waals surface area contributed by atoms with Crippen molar-refractivity contribution in [2.75, 3.05) is 11.9 Å². The Hall–Kier alpha value is -3.17. The Balaban J connectivity index is 1.80. The molecule has 166 valence electrons. The molecule has 3 rings (SSSR count). The van der Waals surface area contributed by atoms with Crippen molar-refractivity contribution in [3.8, 4) is 5.75 Å². The van der Waals surface area contributed by atoms with Gasteiger partial charge in [0.25, 0.3) is 5.91 Å². The van der Waals surface area contributed by atoms with E-state index in [1.165, 1.54) is 12.4 Å². The lowest BCUT2D eigenvalue weighted by Gasteiger charge is -2.24. The number of ether oxygens (including phenoxy) is 1. The van der Waals surface area contributed by atoms with Gasteiger partial charge in [-0.15, -0.1) is 0 Å². The summed E-state index contributed by atoms with van der Waals surface area (Å²) in [5.74, 6) is -0.296. The van der Waals surface area contributed by atoms with Crippen LogP contribution in [0.25, 0.3) is 0 Å². The van der Waals surface area contributed by atoms with Crippen LogP contribution in [0.2, 0.25) is 0 Å². The molecule has 10 heteroatoms. The number of alkyl halides is 3. The van der Waals surface area contributed by atoms with Crippen molar-refractivity contribution in [1.82, 2.24) is 14.9 Å². The van der Waals surface area contributed by atoms with Gasteiger partial charge >= 0.3 is 6.18 Å². The Labute approximate surface area is 177 Å². The first-order valence-electron chi connectivity index (χ1n) is 9.73. The van der Waals surface area contributed by atoms with Crippen LogP contribution < -0.4 is 10.1 Å². The van der Waals surface area contributed by atoms with Gasteiger partial charge < -0.3 is 15.0 Å². The number of hydrogen-bond donors (Lipinski definition) is 1. The second-order valence-electron chi connectivity index (χ2n) is 7.72. The SMILES string of the molecule is Cc1cc(C(C)N2Cc3c(ccnc3NC(=O)C(C)C)C2=O)ncc1OCC(F)(F)F. The number of halogens is 3. The van der Waals surface area contributed by atoms with Crippen molar-refractivity contribution >= 4 is 17.6 Å². The van der Waals surface area contributed by atoms with Crippen molar-refractivity contribution in [1.29, 1.82) is 0 Å². The Kier molecular flexibility index (Phi) is 6.19. The third-order valence-electron chi connectivity index (χ3n) is 5.01. The molecule has 1 aliphatic heterocycles. The van der Waals surface area contributed by atoms with Crippen molar-refractivity contribution in [3.63, 3.8) is 0 Å². The first kappa shape index (κ1) is 22.5. The van der Waals surface area contributed by atoms with E-state index in [2.05, 4.69) is 15.3 Å². The largest absolute Gasteiger partial charge is 0.482 e. The molecule has 0 aliphatic carbocycles. The molecule has 0 radical (unpaired) electrons. The summed E-state index contributed by atoms with van der Waals surface area (Å²) in [7, 11) is 0. The lowest BCUT2D eigenvalue weighted by atomic mass is 10.1. The smallest absolute Gasteiger partial charge is 0.422 e. The van der Waals surface area contributed by atoms with E-state index in [0.29, 0.717) is 28.2 Å². The normalized spacial score (nSPS) is 14.6. The molecular weight excluding hydrogens is 413 g/mol. The zero-order valence-corrected chi connectivity index (χ0v) is 17.6. The van der Waals surface area contributed by atoms with Crippen molar-refractivity contribution < 1.29 is 27.5 Å². The van der Waals surface area contributed by atoms with Crippen LogP contribution in [0.5, 0.6) is 5.75 Å². The van der Waals surface area contributed by atoms with Crippen LogP contribution in [-0.4, -0.2) is 39.5 Å². The highest BCUT2D eigenvalue weighted by molar-refractivity contribution is 6.01. The lowest BCUT2D eigenvalue weighted by Crippen LogP contribution is -2.28. The minimum Gasteiger partial charge on any atom is -0.482 e. The number of pyridine rings is 2. The molecule has 0 saturated carbocycles. The molecule has 2 aromatic rings. The van der Waals surface area contributed by atoms with Gasteiger partial charge in [0.15, 0.2) is 6.61 Å². The molecule has 0 spiro atoms. The van der Waals surface area contributed by atoms with Gasteiger partial charge in [0, 0.05) is 23.2 Å². The second-order valence-corrected chi connectivity index (χ2v) is 7.72. The number of carbonyl (C=O) groups is 2. The van der Waals surface area contributed by atoms with Gasteiger partial charge in [-0.05, 0) is 31.5 Å². The van der Waals surface area contributed by atoms with Gasteiger partial charge in [-0.25, -0.2) is 4.98 Å². The third kappa shape index (κ3) is 4.95. The van der Waals surface area contributed by atoms with Crippen LogP contribution in [-0.2, 0) is 11.3 Å². The van der Waals surface area contributed by atoms with E-state index in [-0.39, 0.29) is 30.0 Å². The number of carbonyl (C=O) groups excluding carboxylic acids is 2. The van der Waals surface area contributed by atoms with Crippen LogP contribution >= 0.6 is 0 Å². The zero-order chi connectivity index (χ0) is 22.9. The van der Waals surface area contributed by atoms with Gasteiger partial charge in [0.1, 0.15) is 11.6 Å². The molecule has 7 nitrogen and oxygen atoms in total. The van der Waals surface area contributed by atoms with Gasteiger partial charge in [-0.3, -0.25) is 14.6 Å². The summed E-state index contributed by atoms with van der Waals surface area (Å²) in [6, 6.07) is 2.75. The third-order valence-corrected chi connectivity index (χ3v) is 5.01. The molecule has 0 fully saturated rings. The van der Waals surface area contributed by atoms with Crippen molar-refractivity contribution in [2.45, 2.75) is 46.5 Å². The summed E-state index contributed by atoms with van der Waals surface area (Å²) in [4.78, 5) is 35.0. The highest BCUT2D eigenvalue weighted by atomic mass is 19.4. The monoisotopic (exact) mass is 436 g/mol. The maximum Gasteiger partial charge on any atom is 0.422 e. The van der Waals surface area contributed by atoms with Crippen LogP contribution in [0.1, 0.15) is 54.0 Å². The Morgan fingerprint density at radius 3 is 2.61 bits per heavy atom. The maximum atomic E-state index is 13.0. The maximum absolute atomic E-state index is 13.0. The molecule has 1 N–H and O–H groups in total. The molecule has 0 aromatic carbocycles. The molecule has 1 atom stereocenters. The van der Waals surface area contributed by atoms with Gasteiger partial charge in [-0.1, -0.05) is 13.8 Å². The highest BCUT2D eigenvalue weighted by Crippen LogP contribution is 2.34. The van der Waals surface area contributed by atoms with E-state index in [0.717, 1.165) is 0 Å². The number of fused-ring (bicyclic) bond motifs is 1. The van der Waals surface area contributed by atoms with Gasteiger partial charge in [-0.2, -0.15) is 13.2 Å². The first-order chi connectivity index (χ1) is 14.5. The van der Waals surface area contributed by atoms with E-state index < -0.39 is 18.8 Å². The molecule has 1 unspecified atom stereocenters. The number of amides is 2. The summed E-state index contributed by atoms with van der Waals surface area (Å²) in [6.07, 6.45) is -1.74. The van der Waals surface area contributed by atoms with Gasteiger partial charge in [0.05, 0.1) is 24.5 Å².